The lowest BCUT2D eigenvalue weighted by Crippen LogP contribution is -2.50. The van der Waals surface area contributed by atoms with Crippen LogP contribution in [0.25, 0.3) is 0 Å². The highest BCUT2D eigenvalue weighted by Crippen LogP contribution is 2.29. The third-order valence-electron chi connectivity index (χ3n) is 3.71. The maximum atomic E-state index is 12.4. The number of rotatable bonds is 6. The minimum Gasteiger partial charge on any atom is -0.376 e. The van der Waals surface area contributed by atoms with E-state index < -0.39 is 15.6 Å². The molecule has 1 fully saturated rings. The minimum atomic E-state index is -3.48. The molecule has 7 heteroatoms. The molecule has 5 nitrogen and oxygen atoms in total. The molecule has 1 aromatic heterocycles. The van der Waals surface area contributed by atoms with Crippen molar-refractivity contribution in [3.63, 3.8) is 0 Å². The summed E-state index contributed by atoms with van der Waals surface area (Å²) in [4.78, 5) is 1.02. The molecule has 0 bridgehead atoms. The lowest BCUT2D eigenvalue weighted by atomic mass is 9.97. The number of nitrogens with one attached hydrogen (secondary N) is 2. The van der Waals surface area contributed by atoms with Gasteiger partial charge in [-0.25, -0.2) is 13.1 Å². The van der Waals surface area contributed by atoms with Gasteiger partial charge >= 0.3 is 0 Å². The van der Waals surface area contributed by atoms with Gasteiger partial charge in [0, 0.05) is 18.0 Å². The minimum absolute atomic E-state index is 0.113. The standard InChI is InChI=1S/C13H22N2O3S2/c1-4-14-9-11-5-6-12(19-11)20(16,17)15-13(3)7-8-18-10(13)2/h5-6,10,14-15H,4,7-9H2,1-3H3. The van der Waals surface area contributed by atoms with E-state index in [0.29, 0.717) is 23.8 Å². The molecule has 0 aliphatic carbocycles. The van der Waals surface area contributed by atoms with Crippen molar-refractivity contribution >= 4 is 21.4 Å². The summed E-state index contributed by atoms with van der Waals surface area (Å²) in [7, 11) is -3.48. The largest absolute Gasteiger partial charge is 0.376 e. The summed E-state index contributed by atoms with van der Waals surface area (Å²) in [6.45, 7) is 7.99. The molecular formula is C13H22N2O3S2. The van der Waals surface area contributed by atoms with Gasteiger partial charge in [-0.2, -0.15) is 0 Å². The number of sulfonamides is 1. The molecule has 20 heavy (non-hydrogen) atoms. The quantitative estimate of drug-likeness (QED) is 0.838. The highest BCUT2D eigenvalue weighted by atomic mass is 32.2. The number of hydrogen-bond donors (Lipinski definition) is 2. The normalized spacial score (nSPS) is 27.1. The van der Waals surface area contributed by atoms with E-state index in [1.54, 1.807) is 6.07 Å². The fraction of sp³-hybridized carbons (Fsp3) is 0.692. The Balaban J connectivity index is 2.12. The van der Waals surface area contributed by atoms with Gasteiger partial charge in [-0.1, -0.05) is 6.92 Å². The fourth-order valence-electron chi connectivity index (χ4n) is 2.17. The van der Waals surface area contributed by atoms with Crippen LogP contribution in [-0.4, -0.2) is 33.2 Å². The zero-order valence-corrected chi connectivity index (χ0v) is 13.7. The van der Waals surface area contributed by atoms with Crippen molar-refractivity contribution in [2.75, 3.05) is 13.2 Å². The molecule has 0 amide bonds. The average Bonchev–Trinajstić information content (AvgIpc) is 2.95. The molecule has 2 heterocycles. The van der Waals surface area contributed by atoms with Crippen LogP contribution in [0.1, 0.15) is 32.1 Å². The van der Waals surface area contributed by atoms with Gasteiger partial charge in [0.15, 0.2) is 0 Å². The Bertz CT molecular complexity index is 556. The maximum absolute atomic E-state index is 12.4. The van der Waals surface area contributed by atoms with E-state index in [0.717, 1.165) is 11.4 Å². The molecule has 1 aromatic rings. The molecule has 0 spiro atoms. The topological polar surface area (TPSA) is 67.4 Å². The van der Waals surface area contributed by atoms with Crippen LogP contribution in [0.3, 0.4) is 0 Å². The first-order chi connectivity index (χ1) is 9.37. The Kier molecular flexibility index (Phi) is 4.86. The predicted molar refractivity (Wildman–Crippen MR) is 80.5 cm³/mol. The number of hydrogen-bond acceptors (Lipinski definition) is 5. The molecule has 2 N–H and O–H groups in total. The lowest BCUT2D eigenvalue weighted by Gasteiger charge is -2.28. The zero-order chi connectivity index (χ0) is 14.8. The van der Waals surface area contributed by atoms with Crippen molar-refractivity contribution in [3.8, 4) is 0 Å². The second-order valence-corrected chi connectivity index (χ2v) is 8.36. The van der Waals surface area contributed by atoms with Crippen LogP contribution in [0, 0.1) is 0 Å². The van der Waals surface area contributed by atoms with Gasteiger partial charge in [0.25, 0.3) is 10.0 Å². The molecule has 1 aliphatic rings. The van der Waals surface area contributed by atoms with Gasteiger partial charge in [-0.05, 0) is 38.9 Å². The molecule has 2 unspecified atom stereocenters. The van der Waals surface area contributed by atoms with E-state index >= 15 is 0 Å². The second kappa shape index (κ2) is 6.11. The summed E-state index contributed by atoms with van der Waals surface area (Å²) in [5, 5.41) is 3.19. The Labute approximate surface area is 124 Å². The van der Waals surface area contributed by atoms with Gasteiger partial charge in [-0.3, -0.25) is 0 Å². The molecule has 1 saturated heterocycles. The number of ether oxygens (including phenoxy) is 1. The van der Waals surface area contributed by atoms with Crippen molar-refractivity contribution in [3.05, 3.63) is 17.0 Å². The molecule has 0 aromatic carbocycles. The molecule has 0 saturated carbocycles. The smallest absolute Gasteiger partial charge is 0.250 e. The second-order valence-electron chi connectivity index (χ2n) is 5.29. The van der Waals surface area contributed by atoms with E-state index in [2.05, 4.69) is 10.0 Å². The summed E-state index contributed by atoms with van der Waals surface area (Å²) < 4.78 is 33.5. The molecule has 114 valence electrons. The fourth-order valence-corrected chi connectivity index (χ4v) is 4.99. The molecular weight excluding hydrogens is 296 g/mol. The summed E-state index contributed by atoms with van der Waals surface area (Å²) in [6.07, 6.45) is 0.585. The highest BCUT2D eigenvalue weighted by molar-refractivity contribution is 7.91. The van der Waals surface area contributed by atoms with Gasteiger partial charge in [0.2, 0.25) is 0 Å². The monoisotopic (exact) mass is 318 g/mol. The van der Waals surface area contributed by atoms with Crippen LogP contribution in [0.4, 0.5) is 0 Å². The first-order valence-electron chi connectivity index (χ1n) is 6.82. The van der Waals surface area contributed by atoms with Crippen LogP contribution in [0.5, 0.6) is 0 Å². The van der Waals surface area contributed by atoms with E-state index in [1.165, 1.54) is 11.3 Å². The zero-order valence-electron chi connectivity index (χ0n) is 12.1. The molecule has 2 atom stereocenters. The van der Waals surface area contributed by atoms with Crippen molar-refractivity contribution in [2.45, 2.75) is 49.6 Å². The molecule has 1 aliphatic heterocycles. The van der Waals surface area contributed by atoms with E-state index in [-0.39, 0.29) is 6.10 Å². The summed E-state index contributed by atoms with van der Waals surface area (Å²) in [5.74, 6) is 0. The Morgan fingerprint density at radius 1 is 1.50 bits per heavy atom. The van der Waals surface area contributed by atoms with Crippen molar-refractivity contribution < 1.29 is 13.2 Å². The van der Waals surface area contributed by atoms with Crippen LogP contribution in [0.2, 0.25) is 0 Å². The van der Waals surface area contributed by atoms with Gasteiger partial charge < -0.3 is 10.1 Å². The highest BCUT2D eigenvalue weighted by Gasteiger charge is 2.40. The van der Waals surface area contributed by atoms with Gasteiger partial charge in [0.1, 0.15) is 4.21 Å². The molecule has 0 radical (unpaired) electrons. The van der Waals surface area contributed by atoms with Crippen LogP contribution in [-0.2, 0) is 21.3 Å². The summed E-state index contributed by atoms with van der Waals surface area (Å²) in [5.41, 5.74) is -0.523. The average molecular weight is 318 g/mol. The predicted octanol–water partition coefficient (Wildman–Crippen LogP) is 1.70. The van der Waals surface area contributed by atoms with Crippen LogP contribution >= 0.6 is 11.3 Å². The lowest BCUT2D eigenvalue weighted by molar-refractivity contribution is 0.0957. The van der Waals surface area contributed by atoms with E-state index in [4.69, 9.17) is 4.74 Å². The third-order valence-corrected chi connectivity index (χ3v) is 6.89. The summed E-state index contributed by atoms with van der Waals surface area (Å²) >= 11 is 1.31. The van der Waals surface area contributed by atoms with Gasteiger partial charge in [0.05, 0.1) is 11.6 Å². The Morgan fingerprint density at radius 2 is 2.25 bits per heavy atom. The SMILES string of the molecule is CCNCc1ccc(S(=O)(=O)NC2(C)CCOC2C)s1. The van der Waals surface area contributed by atoms with Crippen molar-refractivity contribution in [2.24, 2.45) is 0 Å². The van der Waals surface area contributed by atoms with Gasteiger partial charge in [-0.15, -0.1) is 11.3 Å². The van der Waals surface area contributed by atoms with Crippen molar-refractivity contribution in [1.29, 1.82) is 0 Å². The number of thiophene rings is 1. The Morgan fingerprint density at radius 3 is 2.85 bits per heavy atom. The Hall–Kier alpha value is -0.470. The van der Waals surface area contributed by atoms with Crippen LogP contribution < -0.4 is 10.0 Å². The van der Waals surface area contributed by atoms with Crippen LogP contribution in [0.15, 0.2) is 16.3 Å². The first kappa shape index (κ1) is 15.9. The third kappa shape index (κ3) is 3.40. The maximum Gasteiger partial charge on any atom is 0.250 e. The first-order valence-corrected chi connectivity index (χ1v) is 9.12. The van der Waals surface area contributed by atoms with Crippen molar-refractivity contribution in [1.82, 2.24) is 10.0 Å². The summed E-state index contributed by atoms with van der Waals surface area (Å²) in [6, 6.07) is 3.53. The molecule has 2 rings (SSSR count). The van der Waals surface area contributed by atoms with E-state index in [9.17, 15) is 8.42 Å². The van der Waals surface area contributed by atoms with E-state index in [1.807, 2.05) is 26.8 Å².